The summed E-state index contributed by atoms with van der Waals surface area (Å²) in [4.78, 5) is 12.7. The quantitative estimate of drug-likeness (QED) is 0.724. The van der Waals surface area contributed by atoms with Gasteiger partial charge in [0.2, 0.25) is 10.0 Å². The molecule has 0 unspecified atom stereocenters. The lowest BCUT2D eigenvalue weighted by molar-refractivity contribution is 0.102. The van der Waals surface area contributed by atoms with Crippen molar-refractivity contribution in [3.8, 4) is 0 Å². The van der Waals surface area contributed by atoms with Crippen molar-refractivity contribution in [2.24, 2.45) is 0 Å². The van der Waals surface area contributed by atoms with Crippen LogP contribution < -0.4 is 5.32 Å². The van der Waals surface area contributed by atoms with Gasteiger partial charge in [0.25, 0.3) is 5.91 Å². The first-order valence-electron chi connectivity index (χ1n) is 8.53. The number of sulfonamides is 1. The van der Waals surface area contributed by atoms with Gasteiger partial charge in [-0.2, -0.15) is 9.40 Å². The van der Waals surface area contributed by atoms with E-state index in [9.17, 15) is 13.2 Å². The van der Waals surface area contributed by atoms with E-state index in [0.717, 1.165) is 5.69 Å². The molecule has 0 bridgehead atoms. The van der Waals surface area contributed by atoms with Gasteiger partial charge in [-0.05, 0) is 24.3 Å². The molecule has 3 aromatic rings. The van der Waals surface area contributed by atoms with Crippen molar-refractivity contribution in [3.05, 3.63) is 77.5 Å². The Hall–Kier alpha value is -2.97. The number of amides is 1. The molecule has 7 nitrogen and oxygen atoms in total. The standard InChI is InChI=1S/C19H18N4O3S/c24-19(14-7-3-1-4-8-14)20-18-16-13-23(12-11-17(16)21-22-18)27(25,26)15-9-5-2-6-10-15/h1-10H,11-13H2,(H2,20,21,22,24). The number of nitrogens with one attached hydrogen (secondary N) is 2. The lowest BCUT2D eigenvalue weighted by Crippen LogP contribution is -2.36. The first kappa shape index (κ1) is 17.4. The third kappa shape index (κ3) is 3.36. The Morgan fingerprint density at radius 2 is 1.70 bits per heavy atom. The second-order valence-corrected chi connectivity index (χ2v) is 8.19. The molecular weight excluding hydrogens is 364 g/mol. The predicted molar refractivity (Wildman–Crippen MR) is 101 cm³/mol. The van der Waals surface area contributed by atoms with Crippen LogP contribution in [0.1, 0.15) is 21.6 Å². The fraction of sp³-hybridized carbons (Fsp3) is 0.158. The van der Waals surface area contributed by atoms with Gasteiger partial charge in [0.15, 0.2) is 5.82 Å². The summed E-state index contributed by atoms with van der Waals surface area (Å²) in [5.74, 6) is 0.0831. The first-order valence-corrected chi connectivity index (χ1v) is 9.97. The number of hydrogen-bond acceptors (Lipinski definition) is 4. The zero-order valence-electron chi connectivity index (χ0n) is 14.4. The Bertz CT molecular complexity index is 1060. The molecule has 0 aliphatic carbocycles. The number of rotatable bonds is 4. The van der Waals surface area contributed by atoms with Crippen LogP contribution in [0.5, 0.6) is 0 Å². The zero-order chi connectivity index (χ0) is 18.9. The number of H-pyrrole nitrogens is 1. The average Bonchev–Trinajstić information content (AvgIpc) is 3.11. The monoisotopic (exact) mass is 382 g/mol. The van der Waals surface area contributed by atoms with Crippen LogP contribution in [0, 0.1) is 0 Å². The van der Waals surface area contributed by atoms with E-state index in [2.05, 4.69) is 15.5 Å². The molecule has 138 valence electrons. The third-order valence-electron chi connectivity index (χ3n) is 4.55. The second kappa shape index (κ2) is 6.98. The SMILES string of the molecule is O=C(Nc1n[nH]c2c1CN(S(=O)(=O)c1ccccc1)CC2)c1ccccc1. The molecular formula is C19H18N4O3S. The summed E-state index contributed by atoms with van der Waals surface area (Å²) in [6.45, 7) is 0.520. The Morgan fingerprint density at radius 1 is 1.04 bits per heavy atom. The molecule has 4 rings (SSSR count). The summed E-state index contributed by atoms with van der Waals surface area (Å²) in [6, 6.07) is 17.2. The maximum atomic E-state index is 12.9. The van der Waals surface area contributed by atoms with Crippen molar-refractivity contribution in [1.29, 1.82) is 0 Å². The van der Waals surface area contributed by atoms with Crippen molar-refractivity contribution in [2.75, 3.05) is 11.9 Å². The normalized spacial score (nSPS) is 14.5. The highest BCUT2D eigenvalue weighted by molar-refractivity contribution is 7.89. The predicted octanol–water partition coefficient (Wildman–Crippen LogP) is 2.41. The van der Waals surface area contributed by atoms with Gasteiger partial charge in [0.1, 0.15) is 0 Å². The van der Waals surface area contributed by atoms with Crippen LogP contribution in [-0.4, -0.2) is 35.4 Å². The van der Waals surface area contributed by atoms with Gasteiger partial charge in [-0.15, -0.1) is 0 Å². The first-order chi connectivity index (χ1) is 13.1. The van der Waals surface area contributed by atoms with E-state index in [1.165, 1.54) is 4.31 Å². The summed E-state index contributed by atoms with van der Waals surface area (Å²) in [5, 5.41) is 9.86. The molecule has 1 amide bonds. The lowest BCUT2D eigenvalue weighted by Gasteiger charge is -2.26. The van der Waals surface area contributed by atoms with Crippen molar-refractivity contribution in [1.82, 2.24) is 14.5 Å². The van der Waals surface area contributed by atoms with E-state index in [1.54, 1.807) is 54.6 Å². The summed E-state index contributed by atoms with van der Waals surface area (Å²) in [6.07, 6.45) is 0.510. The van der Waals surface area contributed by atoms with E-state index in [1.807, 2.05) is 6.07 Å². The minimum atomic E-state index is -3.60. The van der Waals surface area contributed by atoms with E-state index >= 15 is 0 Å². The zero-order valence-corrected chi connectivity index (χ0v) is 15.2. The summed E-state index contributed by atoms with van der Waals surface area (Å²) in [5.41, 5.74) is 2.06. The number of anilines is 1. The number of hydrogen-bond donors (Lipinski definition) is 2. The maximum absolute atomic E-state index is 12.9. The molecule has 1 aliphatic heterocycles. The van der Waals surface area contributed by atoms with Crippen LogP contribution in [0.3, 0.4) is 0 Å². The van der Waals surface area contributed by atoms with Crippen LogP contribution in [0.15, 0.2) is 65.6 Å². The highest BCUT2D eigenvalue weighted by atomic mass is 32.2. The van der Waals surface area contributed by atoms with E-state index in [0.29, 0.717) is 29.9 Å². The number of carbonyl (C=O) groups excluding carboxylic acids is 1. The second-order valence-electron chi connectivity index (χ2n) is 6.25. The number of aromatic amines is 1. The number of fused-ring (bicyclic) bond motifs is 1. The van der Waals surface area contributed by atoms with Gasteiger partial charge in [0, 0.05) is 36.3 Å². The molecule has 2 N–H and O–H groups in total. The Labute approximate surface area is 157 Å². The van der Waals surface area contributed by atoms with Gasteiger partial charge >= 0.3 is 0 Å². The molecule has 0 radical (unpaired) electrons. The minimum absolute atomic E-state index is 0.160. The number of aromatic nitrogens is 2. The smallest absolute Gasteiger partial charge is 0.256 e. The molecule has 0 fully saturated rings. The van der Waals surface area contributed by atoms with Gasteiger partial charge in [-0.25, -0.2) is 8.42 Å². The molecule has 8 heteroatoms. The van der Waals surface area contributed by atoms with Crippen LogP contribution >= 0.6 is 0 Å². The molecule has 0 atom stereocenters. The molecule has 2 aromatic carbocycles. The van der Waals surface area contributed by atoms with E-state index < -0.39 is 10.0 Å². The summed E-state index contributed by atoms with van der Waals surface area (Å²) < 4.78 is 27.2. The molecule has 1 aliphatic rings. The fourth-order valence-electron chi connectivity index (χ4n) is 3.09. The van der Waals surface area contributed by atoms with Gasteiger partial charge < -0.3 is 5.32 Å². The fourth-order valence-corrected chi connectivity index (χ4v) is 4.52. The summed E-state index contributed by atoms with van der Waals surface area (Å²) >= 11 is 0. The van der Waals surface area contributed by atoms with E-state index in [-0.39, 0.29) is 17.3 Å². The van der Waals surface area contributed by atoms with Crippen molar-refractivity contribution in [2.45, 2.75) is 17.9 Å². The minimum Gasteiger partial charge on any atom is -0.305 e. The van der Waals surface area contributed by atoms with Crippen molar-refractivity contribution < 1.29 is 13.2 Å². The van der Waals surface area contributed by atoms with Gasteiger partial charge in [-0.3, -0.25) is 9.89 Å². The maximum Gasteiger partial charge on any atom is 0.256 e. The van der Waals surface area contributed by atoms with Crippen molar-refractivity contribution >= 4 is 21.7 Å². The topological polar surface area (TPSA) is 95.2 Å². The lowest BCUT2D eigenvalue weighted by atomic mass is 10.1. The van der Waals surface area contributed by atoms with Gasteiger partial charge in [0.05, 0.1) is 4.90 Å². The summed E-state index contributed by atoms with van der Waals surface area (Å²) in [7, 11) is -3.60. The molecule has 27 heavy (non-hydrogen) atoms. The number of carbonyl (C=O) groups is 1. The molecule has 1 aromatic heterocycles. The average molecular weight is 382 g/mol. The Kier molecular flexibility index (Phi) is 4.51. The van der Waals surface area contributed by atoms with Gasteiger partial charge in [-0.1, -0.05) is 36.4 Å². The highest BCUT2D eigenvalue weighted by Gasteiger charge is 2.31. The van der Waals surface area contributed by atoms with Crippen LogP contribution in [0.4, 0.5) is 5.82 Å². The number of benzene rings is 2. The third-order valence-corrected chi connectivity index (χ3v) is 6.41. The molecule has 0 saturated carbocycles. The molecule has 0 spiro atoms. The Balaban J connectivity index is 1.58. The largest absolute Gasteiger partial charge is 0.305 e. The highest BCUT2D eigenvalue weighted by Crippen LogP contribution is 2.28. The van der Waals surface area contributed by atoms with Crippen LogP contribution in [-0.2, 0) is 23.0 Å². The Morgan fingerprint density at radius 3 is 2.41 bits per heavy atom. The van der Waals surface area contributed by atoms with E-state index in [4.69, 9.17) is 0 Å². The molecule has 2 heterocycles. The number of nitrogens with zero attached hydrogens (tertiary/aromatic N) is 2. The molecule has 0 saturated heterocycles. The van der Waals surface area contributed by atoms with Crippen LogP contribution in [0.25, 0.3) is 0 Å². The van der Waals surface area contributed by atoms with Crippen LogP contribution in [0.2, 0.25) is 0 Å². The van der Waals surface area contributed by atoms with Crippen molar-refractivity contribution in [3.63, 3.8) is 0 Å².